The molecule has 0 radical (unpaired) electrons. The van der Waals surface area contributed by atoms with Gasteiger partial charge in [0.1, 0.15) is 5.75 Å². The molecule has 0 aliphatic heterocycles. The van der Waals surface area contributed by atoms with E-state index >= 15 is 0 Å². The maximum atomic E-state index is 10.9. The van der Waals surface area contributed by atoms with Crippen molar-refractivity contribution in [3.8, 4) is 17.2 Å². The highest BCUT2D eigenvalue weighted by Gasteiger charge is 2.14. The van der Waals surface area contributed by atoms with E-state index in [9.17, 15) is 19.2 Å². The zero-order valence-corrected chi connectivity index (χ0v) is 24.1. The maximum Gasteiger partial charge on any atom is 0.341 e. The van der Waals surface area contributed by atoms with Crippen LogP contribution in [-0.4, -0.2) is 59.8 Å². The van der Waals surface area contributed by atoms with Crippen LogP contribution in [0.3, 0.4) is 0 Å². The second-order valence-corrected chi connectivity index (χ2v) is 9.64. The molecule has 0 heterocycles. The standard InChI is InChI=1S/C12H16O4.C10H10O4.C9H16O2/c1-15-10-7-6-9(8-11(10)16-2)4-3-5-12(13)14;1-7(11)8-2-4-9(5-3-8)14-6-10(12)13;10-9(11)7-6-8-4-2-1-3-5-8/h6-8H,3-5H2,1-2H3,(H,13,14);2-5H,6H2,1H3,(H,12,13);8H,1-7H2,(H,10,11). The van der Waals surface area contributed by atoms with Crippen LogP contribution in [0, 0.1) is 5.92 Å². The number of rotatable bonds is 13. The van der Waals surface area contributed by atoms with Crippen LogP contribution in [0.5, 0.6) is 17.2 Å². The Labute approximate surface area is 241 Å². The van der Waals surface area contributed by atoms with Crippen LogP contribution in [0.4, 0.5) is 0 Å². The van der Waals surface area contributed by atoms with Crippen molar-refractivity contribution >= 4 is 23.7 Å². The van der Waals surface area contributed by atoms with Gasteiger partial charge in [0.05, 0.1) is 14.2 Å². The number of hydrogen-bond acceptors (Lipinski definition) is 7. The summed E-state index contributed by atoms with van der Waals surface area (Å²) in [6.07, 6.45) is 9.30. The Balaban J connectivity index is 0.000000313. The molecule has 2 aromatic rings. The molecule has 1 fully saturated rings. The lowest BCUT2D eigenvalue weighted by atomic mass is 9.86. The molecule has 0 saturated heterocycles. The summed E-state index contributed by atoms with van der Waals surface area (Å²) in [6, 6.07) is 12.0. The van der Waals surface area contributed by atoms with Gasteiger partial charge in [0.2, 0.25) is 0 Å². The molecule has 0 spiro atoms. The quantitative estimate of drug-likeness (QED) is 0.246. The molecule has 10 heteroatoms. The predicted molar refractivity (Wildman–Crippen MR) is 153 cm³/mol. The van der Waals surface area contributed by atoms with Gasteiger partial charge in [-0.25, -0.2) is 4.79 Å². The maximum absolute atomic E-state index is 10.9. The van der Waals surface area contributed by atoms with Gasteiger partial charge in [-0.15, -0.1) is 0 Å². The third kappa shape index (κ3) is 15.9. The van der Waals surface area contributed by atoms with Crippen LogP contribution in [0.1, 0.15) is 80.6 Å². The molecule has 0 unspecified atom stereocenters. The van der Waals surface area contributed by atoms with Crippen LogP contribution in [0.15, 0.2) is 42.5 Å². The van der Waals surface area contributed by atoms with Gasteiger partial charge in [0.25, 0.3) is 0 Å². The lowest BCUT2D eigenvalue weighted by Crippen LogP contribution is -2.09. The molecule has 3 N–H and O–H groups in total. The molecule has 0 amide bonds. The first-order valence-electron chi connectivity index (χ1n) is 13.7. The Kier molecular flexibility index (Phi) is 17.0. The summed E-state index contributed by atoms with van der Waals surface area (Å²) in [5.74, 6) is 0.0449. The van der Waals surface area contributed by atoms with Gasteiger partial charge in [-0.1, -0.05) is 38.2 Å². The Bertz CT molecular complexity index is 1090. The van der Waals surface area contributed by atoms with E-state index in [1.807, 2.05) is 18.2 Å². The number of methoxy groups -OCH3 is 2. The summed E-state index contributed by atoms with van der Waals surface area (Å²) >= 11 is 0. The van der Waals surface area contributed by atoms with E-state index in [2.05, 4.69) is 0 Å². The fourth-order valence-corrected chi connectivity index (χ4v) is 4.21. The average molecular weight is 575 g/mol. The van der Waals surface area contributed by atoms with Crippen molar-refractivity contribution in [1.29, 1.82) is 0 Å². The van der Waals surface area contributed by atoms with Crippen LogP contribution < -0.4 is 14.2 Å². The SMILES string of the molecule is CC(=O)c1ccc(OCC(=O)O)cc1.COc1ccc(CCCC(=O)O)cc1OC.O=C(O)CCC1CCCCC1. The first kappa shape index (κ1) is 34.9. The number of benzene rings is 2. The fraction of sp³-hybridized carbons (Fsp3) is 0.484. The summed E-state index contributed by atoms with van der Waals surface area (Å²) in [5, 5.41) is 25.3. The largest absolute Gasteiger partial charge is 0.493 e. The molecule has 0 atom stereocenters. The topological polar surface area (TPSA) is 157 Å². The molecular weight excluding hydrogens is 532 g/mol. The minimum absolute atomic E-state index is 0.0326. The number of hydrogen-bond donors (Lipinski definition) is 3. The van der Waals surface area contributed by atoms with Gasteiger partial charge >= 0.3 is 17.9 Å². The van der Waals surface area contributed by atoms with Crippen molar-refractivity contribution in [2.24, 2.45) is 5.92 Å². The van der Waals surface area contributed by atoms with Gasteiger partial charge in [-0.05, 0) is 74.1 Å². The zero-order chi connectivity index (χ0) is 30.6. The number of carboxylic acids is 3. The van der Waals surface area contributed by atoms with E-state index in [4.69, 9.17) is 29.5 Å². The molecule has 1 aliphatic carbocycles. The molecule has 1 saturated carbocycles. The van der Waals surface area contributed by atoms with Crippen molar-refractivity contribution in [1.82, 2.24) is 0 Å². The molecule has 1 aliphatic rings. The molecule has 2 aromatic carbocycles. The first-order chi connectivity index (χ1) is 19.5. The van der Waals surface area contributed by atoms with Crippen molar-refractivity contribution in [2.45, 2.75) is 71.1 Å². The Morgan fingerprint density at radius 2 is 1.39 bits per heavy atom. The number of aliphatic carboxylic acids is 3. The number of ketones is 1. The van der Waals surface area contributed by atoms with Crippen LogP contribution >= 0.6 is 0 Å². The van der Waals surface area contributed by atoms with Crippen molar-refractivity contribution in [3.63, 3.8) is 0 Å². The predicted octanol–water partition coefficient (Wildman–Crippen LogP) is 5.90. The van der Waals surface area contributed by atoms with E-state index in [0.717, 1.165) is 18.4 Å². The summed E-state index contributed by atoms with van der Waals surface area (Å²) in [4.78, 5) is 41.7. The summed E-state index contributed by atoms with van der Waals surface area (Å²) < 4.78 is 15.2. The van der Waals surface area contributed by atoms with Gasteiger partial charge < -0.3 is 29.5 Å². The highest BCUT2D eigenvalue weighted by molar-refractivity contribution is 5.94. The molecule has 0 aromatic heterocycles. The minimum atomic E-state index is -1.03. The molecular formula is C31H42O10. The van der Waals surface area contributed by atoms with Gasteiger partial charge in [-0.3, -0.25) is 14.4 Å². The minimum Gasteiger partial charge on any atom is -0.493 e. The smallest absolute Gasteiger partial charge is 0.341 e. The lowest BCUT2D eigenvalue weighted by molar-refractivity contribution is -0.139. The van der Waals surface area contributed by atoms with E-state index < -0.39 is 17.9 Å². The Morgan fingerprint density at radius 1 is 0.780 bits per heavy atom. The van der Waals surface area contributed by atoms with E-state index in [-0.39, 0.29) is 18.8 Å². The summed E-state index contributed by atoms with van der Waals surface area (Å²) in [7, 11) is 3.17. The zero-order valence-electron chi connectivity index (χ0n) is 24.1. The van der Waals surface area contributed by atoms with Crippen molar-refractivity contribution in [2.75, 3.05) is 20.8 Å². The van der Waals surface area contributed by atoms with Crippen LogP contribution in [-0.2, 0) is 20.8 Å². The highest BCUT2D eigenvalue weighted by atomic mass is 16.5. The van der Waals surface area contributed by atoms with E-state index in [1.165, 1.54) is 39.0 Å². The Morgan fingerprint density at radius 3 is 1.90 bits per heavy atom. The molecule has 0 bridgehead atoms. The van der Waals surface area contributed by atoms with Gasteiger partial charge in [-0.2, -0.15) is 0 Å². The van der Waals surface area contributed by atoms with Crippen molar-refractivity contribution in [3.05, 3.63) is 53.6 Å². The first-order valence-corrected chi connectivity index (χ1v) is 13.7. The van der Waals surface area contributed by atoms with Gasteiger partial charge in [0, 0.05) is 18.4 Å². The third-order valence-corrected chi connectivity index (χ3v) is 6.42. The van der Waals surface area contributed by atoms with Crippen LogP contribution in [0.2, 0.25) is 0 Å². The molecule has 41 heavy (non-hydrogen) atoms. The second kappa shape index (κ2) is 19.9. The van der Waals surface area contributed by atoms with Gasteiger partial charge in [0.15, 0.2) is 23.9 Å². The lowest BCUT2D eigenvalue weighted by Gasteiger charge is -2.20. The third-order valence-electron chi connectivity index (χ3n) is 6.42. The molecule has 226 valence electrons. The number of carboxylic acid groups (broad SMARTS) is 3. The van der Waals surface area contributed by atoms with Crippen molar-refractivity contribution < 1.29 is 48.7 Å². The fourth-order valence-electron chi connectivity index (χ4n) is 4.21. The molecule has 3 rings (SSSR count). The number of carbonyl (C=O) groups is 4. The average Bonchev–Trinajstić information content (AvgIpc) is 2.96. The normalized spacial score (nSPS) is 12.5. The number of carbonyl (C=O) groups excluding carboxylic acids is 1. The number of ether oxygens (including phenoxy) is 3. The summed E-state index contributed by atoms with van der Waals surface area (Å²) in [5.41, 5.74) is 1.63. The monoisotopic (exact) mass is 574 g/mol. The number of Topliss-reactive ketones (excluding diaryl/α,β-unsaturated/α-hetero) is 1. The molecule has 10 nitrogen and oxygen atoms in total. The Hall–Kier alpha value is -4.08. The highest BCUT2D eigenvalue weighted by Crippen LogP contribution is 2.28. The van der Waals surface area contributed by atoms with E-state index in [1.54, 1.807) is 38.5 Å². The summed E-state index contributed by atoms with van der Waals surface area (Å²) in [6.45, 7) is 1.09. The van der Waals surface area contributed by atoms with E-state index in [0.29, 0.717) is 41.6 Å². The second-order valence-electron chi connectivity index (χ2n) is 9.64. The van der Waals surface area contributed by atoms with Crippen LogP contribution in [0.25, 0.3) is 0 Å². The number of aryl methyl sites for hydroxylation is 1.